The number of hydrogen-bond donors (Lipinski definition) is 0. The van der Waals surface area contributed by atoms with Crippen molar-refractivity contribution >= 4 is 22.6 Å². The summed E-state index contributed by atoms with van der Waals surface area (Å²) in [5, 5.41) is 0.459. The Bertz CT molecular complexity index is 1820. The lowest BCUT2D eigenvalue weighted by atomic mass is 9.96. The maximum absolute atomic E-state index is 14.0. The van der Waals surface area contributed by atoms with Gasteiger partial charge in [-0.2, -0.15) is 0 Å². The van der Waals surface area contributed by atoms with E-state index in [0.29, 0.717) is 45.9 Å². The van der Waals surface area contributed by atoms with Gasteiger partial charge >= 0.3 is 0 Å². The average molecular weight is 532 g/mol. The van der Waals surface area contributed by atoms with Gasteiger partial charge in [-0.05, 0) is 85.0 Å². The molecule has 0 saturated heterocycles. The molecule has 1 unspecified atom stereocenters. The number of amides is 1. The first kappa shape index (κ1) is 25.4. The molecule has 0 aliphatic carbocycles. The zero-order valence-electron chi connectivity index (χ0n) is 22.9. The van der Waals surface area contributed by atoms with E-state index in [2.05, 4.69) is 0 Å². The molecule has 0 bridgehead atoms. The van der Waals surface area contributed by atoms with Crippen LogP contribution in [0.15, 0.2) is 94.1 Å². The predicted octanol–water partition coefficient (Wildman–Crippen LogP) is 7.06. The molecule has 0 spiro atoms. The Labute approximate surface area is 232 Å². The molecule has 6 heteroatoms. The SMILES string of the molecule is COc1cc(C2c3c(oc4cc(C)c(C)cc4c3=O)C(=O)N2c2cccc(C)c2)ccc1OCc1ccccc1. The second-order valence-electron chi connectivity index (χ2n) is 10.2. The maximum atomic E-state index is 14.0. The number of carbonyl (C=O) groups excluding carboxylic acids is 1. The van der Waals surface area contributed by atoms with Gasteiger partial charge in [-0.15, -0.1) is 0 Å². The molecule has 1 aliphatic rings. The summed E-state index contributed by atoms with van der Waals surface area (Å²) in [5.74, 6) is 0.787. The third-order valence-corrected chi connectivity index (χ3v) is 7.51. The second-order valence-corrected chi connectivity index (χ2v) is 10.2. The highest BCUT2D eigenvalue weighted by Crippen LogP contribution is 2.43. The van der Waals surface area contributed by atoms with Crippen LogP contribution in [-0.2, 0) is 6.61 Å². The Hall–Kier alpha value is -4.84. The van der Waals surface area contributed by atoms with Gasteiger partial charge in [0.05, 0.1) is 24.1 Å². The van der Waals surface area contributed by atoms with E-state index < -0.39 is 6.04 Å². The van der Waals surface area contributed by atoms with Crippen LogP contribution in [-0.4, -0.2) is 13.0 Å². The van der Waals surface area contributed by atoms with Crippen molar-refractivity contribution in [3.63, 3.8) is 0 Å². The van der Waals surface area contributed by atoms with Crippen molar-refractivity contribution in [1.82, 2.24) is 0 Å². The highest BCUT2D eigenvalue weighted by molar-refractivity contribution is 6.10. The number of anilines is 1. The van der Waals surface area contributed by atoms with Crippen LogP contribution in [0.25, 0.3) is 11.0 Å². The molecule has 0 saturated carbocycles. The van der Waals surface area contributed by atoms with E-state index in [0.717, 1.165) is 22.3 Å². The van der Waals surface area contributed by atoms with Gasteiger partial charge in [0.25, 0.3) is 5.91 Å². The Kier molecular flexibility index (Phi) is 6.39. The number of methoxy groups -OCH3 is 1. The summed E-state index contributed by atoms with van der Waals surface area (Å²) in [6, 6.07) is 26.1. The molecular formula is C34H29NO5. The first-order chi connectivity index (χ1) is 19.4. The lowest BCUT2D eigenvalue weighted by molar-refractivity contribution is 0.0971. The van der Waals surface area contributed by atoms with E-state index in [1.807, 2.05) is 106 Å². The fraction of sp³-hybridized carbons (Fsp3) is 0.176. The van der Waals surface area contributed by atoms with Crippen LogP contribution < -0.4 is 19.8 Å². The number of rotatable bonds is 6. The van der Waals surface area contributed by atoms with Gasteiger partial charge in [0, 0.05) is 5.69 Å². The van der Waals surface area contributed by atoms with Crippen molar-refractivity contribution in [3.05, 3.63) is 134 Å². The summed E-state index contributed by atoms with van der Waals surface area (Å²) in [4.78, 5) is 29.6. The highest BCUT2D eigenvalue weighted by Gasteiger charge is 2.44. The van der Waals surface area contributed by atoms with Gasteiger partial charge in [-0.25, -0.2) is 0 Å². The fourth-order valence-electron chi connectivity index (χ4n) is 5.30. The number of aryl methyl sites for hydroxylation is 3. The molecule has 2 heterocycles. The number of ether oxygens (including phenoxy) is 2. The topological polar surface area (TPSA) is 69.0 Å². The Morgan fingerprint density at radius 2 is 1.60 bits per heavy atom. The fourth-order valence-corrected chi connectivity index (χ4v) is 5.30. The molecule has 0 N–H and O–H groups in total. The number of hydrogen-bond acceptors (Lipinski definition) is 5. The lowest BCUT2D eigenvalue weighted by Gasteiger charge is -2.26. The van der Waals surface area contributed by atoms with Crippen LogP contribution in [0.4, 0.5) is 5.69 Å². The van der Waals surface area contributed by atoms with E-state index in [1.54, 1.807) is 12.0 Å². The van der Waals surface area contributed by atoms with Crippen LogP contribution in [0.1, 0.15) is 50.0 Å². The van der Waals surface area contributed by atoms with Crippen molar-refractivity contribution in [2.24, 2.45) is 0 Å². The molecule has 1 aliphatic heterocycles. The van der Waals surface area contributed by atoms with Crippen molar-refractivity contribution in [1.29, 1.82) is 0 Å². The Balaban J connectivity index is 1.51. The van der Waals surface area contributed by atoms with Crippen LogP contribution in [0.2, 0.25) is 0 Å². The average Bonchev–Trinajstić information content (AvgIpc) is 3.25. The molecular weight excluding hydrogens is 502 g/mol. The van der Waals surface area contributed by atoms with Gasteiger partial charge in [-0.3, -0.25) is 14.5 Å². The molecule has 200 valence electrons. The van der Waals surface area contributed by atoms with E-state index in [-0.39, 0.29) is 17.1 Å². The number of fused-ring (bicyclic) bond motifs is 2. The molecule has 1 aromatic heterocycles. The Morgan fingerprint density at radius 1 is 0.825 bits per heavy atom. The molecule has 5 aromatic rings. The van der Waals surface area contributed by atoms with Crippen LogP contribution in [0.3, 0.4) is 0 Å². The third-order valence-electron chi connectivity index (χ3n) is 7.51. The van der Waals surface area contributed by atoms with Gasteiger partial charge in [0.2, 0.25) is 5.76 Å². The zero-order valence-corrected chi connectivity index (χ0v) is 22.9. The number of nitrogens with zero attached hydrogens (tertiary/aromatic N) is 1. The molecule has 0 radical (unpaired) electrons. The predicted molar refractivity (Wildman–Crippen MR) is 156 cm³/mol. The van der Waals surface area contributed by atoms with Crippen molar-refractivity contribution in [3.8, 4) is 11.5 Å². The van der Waals surface area contributed by atoms with Gasteiger partial charge in [0.15, 0.2) is 16.9 Å². The standard InChI is InChI=1S/C34H29NO5/c1-20-9-8-12-25(15-20)35-31(24-13-14-27(29(18-24)38-4)39-19-23-10-6-5-7-11-23)30-32(36)26-16-21(2)22(3)17-28(26)40-33(30)34(35)37/h5-18,31H,19H2,1-4H3. The smallest absolute Gasteiger partial charge is 0.295 e. The molecule has 40 heavy (non-hydrogen) atoms. The lowest BCUT2D eigenvalue weighted by Crippen LogP contribution is -2.29. The van der Waals surface area contributed by atoms with Crippen LogP contribution in [0.5, 0.6) is 11.5 Å². The van der Waals surface area contributed by atoms with Crippen molar-refractivity contribution in [2.75, 3.05) is 12.0 Å². The summed E-state index contributed by atoms with van der Waals surface area (Å²) < 4.78 is 18.0. The minimum absolute atomic E-state index is 0.0654. The van der Waals surface area contributed by atoms with E-state index >= 15 is 0 Å². The summed E-state index contributed by atoms with van der Waals surface area (Å²) in [5.41, 5.74) is 5.92. The summed E-state index contributed by atoms with van der Waals surface area (Å²) in [6.45, 7) is 6.27. The van der Waals surface area contributed by atoms with E-state index in [4.69, 9.17) is 13.9 Å². The molecule has 1 atom stereocenters. The van der Waals surface area contributed by atoms with E-state index in [9.17, 15) is 9.59 Å². The maximum Gasteiger partial charge on any atom is 0.295 e. The Morgan fingerprint density at radius 3 is 2.35 bits per heavy atom. The summed E-state index contributed by atoms with van der Waals surface area (Å²) >= 11 is 0. The van der Waals surface area contributed by atoms with Gasteiger partial charge < -0.3 is 13.9 Å². The summed E-state index contributed by atoms with van der Waals surface area (Å²) in [6.07, 6.45) is 0. The number of carbonyl (C=O) groups is 1. The second kappa shape index (κ2) is 10.0. The van der Waals surface area contributed by atoms with Crippen molar-refractivity contribution < 1.29 is 18.7 Å². The molecule has 6 nitrogen and oxygen atoms in total. The quantitative estimate of drug-likeness (QED) is 0.235. The highest BCUT2D eigenvalue weighted by atomic mass is 16.5. The van der Waals surface area contributed by atoms with Crippen LogP contribution >= 0.6 is 0 Å². The van der Waals surface area contributed by atoms with Crippen molar-refractivity contribution in [2.45, 2.75) is 33.4 Å². The third kappa shape index (κ3) is 4.31. The molecule has 1 amide bonds. The summed E-state index contributed by atoms with van der Waals surface area (Å²) in [7, 11) is 1.58. The molecule has 4 aromatic carbocycles. The van der Waals surface area contributed by atoms with Gasteiger partial charge in [-0.1, -0.05) is 48.5 Å². The zero-order chi connectivity index (χ0) is 28.0. The van der Waals surface area contributed by atoms with E-state index in [1.165, 1.54) is 0 Å². The molecule has 0 fully saturated rings. The monoisotopic (exact) mass is 531 g/mol. The first-order valence-corrected chi connectivity index (χ1v) is 13.2. The first-order valence-electron chi connectivity index (χ1n) is 13.2. The minimum atomic E-state index is -0.705. The van der Waals surface area contributed by atoms with Gasteiger partial charge in [0.1, 0.15) is 12.2 Å². The van der Waals surface area contributed by atoms with Crippen LogP contribution in [0, 0.1) is 20.8 Å². The largest absolute Gasteiger partial charge is 0.493 e. The molecule has 6 rings (SSSR count). The number of benzene rings is 4. The minimum Gasteiger partial charge on any atom is -0.493 e. The normalized spacial score (nSPS) is 14.4.